The zero-order chi connectivity index (χ0) is 21.5. The Bertz CT molecular complexity index is 1080. The number of hydrogen-bond acceptors (Lipinski definition) is 7. The molecule has 30 heavy (non-hydrogen) atoms. The molecule has 0 unspecified atom stereocenters. The SMILES string of the molecule is COc1cccc(-c2cc(C(=O)O/N=C(\N)c3ccc(OCC(N)=O)cc3)[nH]n2)c1. The highest BCUT2D eigenvalue weighted by Crippen LogP contribution is 2.22. The summed E-state index contributed by atoms with van der Waals surface area (Å²) in [6.45, 7) is -0.234. The third-order valence-electron chi connectivity index (χ3n) is 3.92. The van der Waals surface area contributed by atoms with Crippen molar-refractivity contribution in [3.63, 3.8) is 0 Å². The van der Waals surface area contributed by atoms with Crippen molar-refractivity contribution in [1.82, 2.24) is 10.2 Å². The van der Waals surface area contributed by atoms with Crippen molar-refractivity contribution in [1.29, 1.82) is 0 Å². The van der Waals surface area contributed by atoms with Crippen molar-refractivity contribution >= 4 is 17.7 Å². The summed E-state index contributed by atoms with van der Waals surface area (Å²) in [5.74, 6) is -0.244. The van der Waals surface area contributed by atoms with Crippen LogP contribution in [0.2, 0.25) is 0 Å². The van der Waals surface area contributed by atoms with Crippen molar-refractivity contribution in [3.05, 3.63) is 65.9 Å². The predicted molar refractivity (Wildman–Crippen MR) is 108 cm³/mol. The van der Waals surface area contributed by atoms with E-state index in [9.17, 15) is 9.59 Å². The number of oxime groups is 1. The van der Waals surface area contributed by atoms with Gasteiger partial charge < -0.3 is 25.8 Å². The summed E-state index contributed by atoms with van der Waals surface area (Å²) < 4.78 is 10.3. The highest BCUT2D eigenvalue weighted by Gasteiger charge is 2.14. The van der Waals surface area contributed by atoms with Crippen molar-refractivity contribution in [2.75, 3.05) is 13.7 Å². The molecule has 0 radical (unpaired) electrons. The molecule has 0 bridgehead atoms. The van der Waals surface area contributed by atoms with Crippen LogP contribution in [0.1, 0.15) is 16.1 Å². The van der Waals surface area contributed by atoms with Crippen LogP contribution in [0, 0.1) is 0 Å². The summed E-state index contributed by atoms with van der Waals surface area (Å²) in [6, 6.07) is 15.1. The number of primary amides is 1. The fourth-order valence-electron chi connectivity index (χ4n) is 2.43. The van der Waals surface area contributed by atoms with Crippen LogP contribution in [-0.4, -0.2) is 41.6 Å². The van der Waals surface area contributed by atoms with Crippen LogP contribution in [0.25, 0.3) is 11.3 Å². The number of nitrogens with two attached hydrogens (primary N) is 2. The van der Waals surface area contributed by atoms with Crippen LogP contribution in [0.5, 0.6) is 11.5 Å². The molecule has 0 spiro atoms. The van der Waals surface area contributed by atoms with Gasteiger partial charge in [0.05, 0.1) is 12.8 Å². The highest BCUT2D eigenvalue weighted by atomic mass is 16.7. The lowest BCUT2D eigenvalue weighted by Gasteiger charge is -2.05. The normalized spacial score (nSPS) is 11.0. The number of ether oxygens (including phenoxy) is 2. The van der Waals surface area contributed by atoms with E-state index in [2.05, 4.69) is 15.4 Å². The quantitative estimate of drug-likeness (QED) is 0.220. The maximum absolute atomic E-state index is 12.2. The van der Waals surface area contributed by atoms with Crippen molar-refractivity contribution in [2.45, 2.75) is 0 Å². The second-order valence-corrected chi connectivity index (χ2v) is 6.03. The topological polar surface area (TPSA) is 155 Å². The number of H-pyrrole nitrogens is 1. The molecule has 0 aliphatic rings. The first-order chi connectivity index (χ1) is 14.5. The summed E-state index contributed by atoms with van der Waals surface area (Å²) in [5.41, 5.74) is 12.8. The van der Waals surface area contributed by atoms with Crippen LogP contribution >= 0.6 is 0 Å². The third kappa shape index (κ3) is 5.13. The van der Waals surface area contributed by atoms with Crippen molar-refractivity contribution in [2.24, 2.45) is 16.6 Å². The van der Waals surface area contributed by atoms with Crippen molar-refractivity contribution in [3.8, 4) is 22.8 Å². The Morgan fingerprint density at radius 3 is 2.53 bits per heavy atom. The molecular weight excluding hydrogens is 390 g/mol. The Balaban J connectivity index is 1.63. The van der Waals surface area contributed by atoms with Crippen LogP contribution in [0.4, 0.5) is 0 Å². The molecular formula is C20H19N5O5. The van der Waals surface area contributed by atoms with Gasteiger partial charge in [0.25, 0.3) is 5.91 Å². The number of aromatic nitrogens is 2. The van der Waals surface area contributed by atoms with E-state index >= 15 is 0 Å². The van der Waals surface area contributed by atoms with Crippen LogP contribution in [0.15, 0.2) is 59.8 Å². The number of amides is 1. The molecule has 10 heteroatoms. The molecule has 1 aromatic heterocycles. The zero-order valence-electron chi connectivity index (χ0n) is 16.0. The van der Waals surface area contributed by atoms with Gasteiger partial charge in [-0.05, 0) is 42.5 Å². The number of methoxy groups -OCH3 is 1. The molecule has 2 aromatic carbocycles. The Morgan fingerprint density at radius 1 is 1.07 bits per heavy atom. The average Bonchev–Trinajstić information content (AvgIpc) is 3.26. The van der Waals surface area contributed by atoms with Crippen LogP contribution in [0.3, 0.4) is 0 Å². The molecule has 0 aliphatic heterocycles. The average molecular weight is 409 g/mol. The third-order valence-corrected chi connectivity index (χ3v) is 3.92. The predicted octanol–water partition coefficient (Wildman–Crippen LogP) is 1.43. The summed E-state index contributed by atoms with van der Waals surface area (Å²) in [7, 11) is 1.57. The number of carbonyl (C=O) groups excluding carboxylic acids is 2. The molecule has 3 rings (SSSR count). The molecule has 0 atom stereocenters. The lowest BCUT2D eigenvalue weighted by molar-refractivity contribution is -0.119. The molecule has 1 amide bonds. The van der Waals surface area contributed by atoms with E-state index in [4.69, 9.17) is 25.8 Å². The number of rotatable bonds is 8. The van der Waals surface area contributed by atoms with E-state index in [-0.39, 0.29) is 18.1 Å². The van der Waals surface area contributed by atoms with Gasteiger partial charge in [-0.3, -0.25) is 9.89 Å². The maximum Gasteiger partial charge on any atom is 0.383 e. The van der Waals surface area contributed by atoms with Gasteiger partial charge in [0, 0.05) is 11.1 Å². The number of carbonyl (C=O) groups is 2. The van der Waals surface area contributed by atoms with E-state index in [0.717, 1.165) is 5.56 Å². The lowest BCUT2D eigenvalue weighted by atomic mass is 10.1. The molecule has 0 fully saturated rings. The van der Waals surface area contributed by atoms with E-state index in [1.54, 1.807) is 43.5 Å². The van der Waals surface area contributed by atoms with Gasteiger partial charge in [0.1, 0.15) is 17.2 Å². The Labute approximate surface area is 171 Å². The van der Waals surface area contributed by atoms with Gasteiger partial charge in [-0.25, -0.2) is 4.79 Å². The van der Waals surface area contributed by atoms with Gasteiger partial charge in [-0.2, -0.15) is 5.10 Å². The summed E-state index contributed by atoms with van der Waals surface area (Å²) in [4.78, 5) is 27.8. The number of nitrogens with one attached hydrogen (secondary N) is 1. The summed E-state index contributed by atoms with van der Waals surface area (Å²) in [6.07, 6.45) is 0. The van der Waals surface area contributed by atoms with E-state index in [1.807, 2.05) is 12.1 Å². The van der Waals surface area contributed by atoms with Gasteiger partial charge in [-0.1, -0.05) is 17.3 Å². The van der Waals surface area contributed by atoms with Gasteiger partial charge in [-0.15, -0.1) is 0 Å². The first kappa shape index (κ1) is 20.4. The van der Waals surface area contributed by atoms with Gasteiger partial charge >= 0.3 is 5.97 Å². The minimum atomic E-state index is -0.749. The smallest absolute Gasteiger partial charge is 0.383 e. The first-order valence-electron chi connectivity index (χ1n) is 8.72. The van der Waals surface area contributed by atoms with Crippen molar-refractivity contribution < 1.29 is 23.9 Å². The minimum Gasteiger partial charge on any atom is -0.497 e. The standard InChI is InChI=1S/C20H19N5O5/c1-28-15-4-2-3-13(9-15)16-10-17(24-23-16)20(27)30-25-19(22)12-5-7-14(8-6-12)29-11-18(21)26/h2-10H,11H2,1H3,(H2,21,26)(H2,22,25)(H,23,24). The van der Waals surface area contributed by atoms with Gasteiger partial charge in [0.15, 0.2) is 12.4 Å². The number of nitrogens with zero attached hydrogens (tertiary/aromatic N) is 2. The lowest BCUT2D eigenvalue weighted by Crippen LogP contribution is -2.20. The molecule has 3 aromatic rings. The zero-order valence-corrected chi connectivity index (χ0v) is 16.0. The number of aromatic amines is 1. The molecule has 5 N–H and O–H groups in total. The number of benzene rings is 2. The molecule has 1 heterocycles. The van der Waals surface area contributed by atoms with E-state index in [1.165, 1.54) is 6.07 Å². The van der Waals surface area contributed by atoms with E-state index in [0.29, 0.717) is 22.8 Å². The van der Waals surface area contributed by atoms with E-state index < -0.39 is 11.9 Å². The fraction of sp³-hybridized carbons (Fsp3) is 0.100. The molecule has 10 nitrogen and oxygen atoms in total. The Hall–Kier alpha value is -4.34. The molecule has 0 saturated carbocycles. The summed E-state index contributed by atoms with van der Waals surface area (Å²) >= 11 is 0. The Kier molecular flexibility index (Phi) is 6.28. The molecule has 0 saturated heterocycles. The summed E-state index contributed by atoms with van der Waals surface area (Å²) in [5, 5.41) is 10.4. The number of hydrogen-bond donors (Lipinski definition) is 3. The monoisotopic (exact) mass is 409 g/mol. The maximum atomic E-state index is 12.2. The number of amidine groups is 1. The van der Waals surface area contributed by atoms with Crippen LogP contribution < -0.4 is 20.9 Å². The second kappa shape index (κ2) is 9.24. The molecule has 0 aliphatic carbocycles. The minimum absolute atomic E-state index is 0.0164. The highest BCUT2D eigenvalue weighted by molar-refractivity contribution is 5.98. The second-order valence-electron chi connectivity index (χ2n) is 6.03. The first-order valence-corrected chi connectivity index (χ1v) is 8.72. The van der Waals surface area contributed by atoms with Crippen LogP contribution in [-0.2, 0) is 9.63 Å². The molecule has 154 valence electrons. The largest absolute Gasteiger partial charge is 0.497 e. The Morgan fingerprint density at radius 2 is 1.83 bits per heavy atom. The fourth-order valence-corrected chi connectivity index (χ4v) is 2.43. The van der Waals surface area contributed by atoms with Gasteiger partial charge in [0.2, 0.25) is 0 Å².